The lowest BCUT2D eigenvalue weighted by Crippen LogP contribution is -2.14. The van der Waals surface area contributed by atoms with Crippen LogP contribution in [0.15, 0.2) is 66.8 Å². The summed E-state index contributed by atoms with van der Waals surface area (Å²) in [7, 11) is 0. The van der Waals surface area contributed by atoms with Crippen LogP contribution in [0.1, 0.15) is 45.1 Å². The first-order chi connectivity index (χ1) is 17.1. The van der Waals surface area contributed by atoms with Crippen LogP contribution in [0.5, 0.6) is 11.5 Å². The van der Waals surface area contributed by atoms with E-state index in [1.165, 1.54) is 0 Å². The molecule has 3 rings (SSSR count). The Labute approximate surface area is 206 Å². The van der Waals surface area contributed by atoms with E-state index in [1.807, 2.05) is 87.5 Å². The van der Waals surface area contributed by atoms with Crippen molar-refractivity contribution < 1.29 is 28.5 Å². The Balaban J connectivity index is 1.92. The van der Waals surface area contributed by atoms with E-state index in [1.54, 1.807) is 0 Å². The maximum absolute atomic E-state index is 12.5. The van der Waals surface area contributed by atoms with Crippen molar-refractivity contribution in [1.29, 1.82) is 0 Å². The molecule has 3 aromatic rings. The van der Waals surface area contributed by atoms with E-state index >= 15 is 0 Å². The summed E-state index contributed by atoms with van der Waals surface area (Å²) < 4.78 is 22.0. The normalized spacial score (nSPS) is 11.4. The van der Waals surface area contributed by atoms with Crippen molar-refractivity contribution in [3.05, 3.63) is 72.3 Å². The Bertz CT molecular complexity index is 1220. The highest BCUT2D eigenvalue weighted by Gasteiger charge is 2.22. The molecule has 0 heterocycles. The topological polar surface area (TPSA) is 71.1 Å². The zero-order valence-corrected chi connectivity index (χ0v) is 20.5. The van der Waals surface area contributed by atoms with Gasteiger partial charge in [-0.2, -0.15) is 0 Å². The average Bonchev–Trinajstić information content (AvgIpc) is 2.85. The fraction of sp³-hybridized carbons (Fsp3) is 0.310. The number of allylic oxidation sites excluding steroid dienone is 4. The van der Waals surface area contributed by atoms with Crippen LogP contribution in [0.4, 0.5) is 9.59 Å². The minimum Gasteiger partial charge on any atom is -0.434 e. The first-order valence-electron chi connectivity index (χ1n) is 11.9. The van der Waals surface area contributed by atoms with Crippen molar-refractivity contribution in [2.24, 2.45) is 0 Å². The molecule has 6 nitrogen and oxygen atoms in total. The summed E-state index contributed by atoms with van der Waals surface area (Å²) in [6.45, 7) is 6.34. The van der Waals surface area contributed by atoms with E-state index in [4.69, 9.17) is 18.9 Å². The molecule has 0 amide bonds. The van der Waals surface area contributed by atoms with E-state index in [-0.39, 0.29) is 13.2 Å². The molecule has 0 radical (unpaired) electrons. The molecule has 0 spiro atoms. The Morgan fingerprint density at radius 1 is 0.714 bits per heavy atom. The van der Waals surface area contributed by atoms with Crippen LogP contribution in [0.2, 0.25) is 0 Å². The number of fused-ring (bicyclic) bond motifs is 2. The molecule has 0 atom stereocenters. The highest BCUT2D eigenvalue weighted by molar-refractivity contribution is 6.13. The predicted molar refractivity (Wildman–Crippen MR) is 138 cm³/mol. The molecule has 0 aliphatic carbocycles. The number of rotatable bonds is 10. The third-order valence-corrected chi connectivity index (χ3v) is 5.47. The van der Waals surface area contributed by atoms with E-state index < -0.39 is 12.3 Å². The van der Waals surface area contributed by atoms with Crippen LogP contribution in [0.3, 0.4) is 0 Å². The maximum Gasteiger partial charge on any atom is 0.513 e. The summed E-state index contributed by atoms with van der Waals surface area (Å²) in [6.07, 6.45) is 9.49. The molecular weight excluding hydrogens is 444 g/mol. The van der Waals surface area contributed by atoms with Gasteiger partial charge < -0.3 is 18.9 Å². The van der Waals surface area contributed by atoms with Crippen molar-refractivity contribution in [2.75, 3.05) is 13.2 Å². The van der Waals surface area contributed by atoms with Crippen LogP contribution in [0, 0.1) is 6.92 Å². The summed E-state index contributed by atoms with van der Waals surface area (Å²) in [6, 6.07) is 12.9. The number of carbonyl (C=O) groups excluding carboxylic acids is 2. The number of aryl methyl sites for hydroxylation is 1. The molecule has 35 heavy (non-hydrogen) atoms. The summed E-state index contributed by atoms with van der Waals surface area (Å²) in [5.74, 6) is 0.740. The molecule has 0 bridgehead atoms. The summed E-state index contributed by atoms with van der Waals surface area (Å²) in [5.41, 5.74) is 0.869. The number of carbonyl (C=O) groups is 2. The first-order valence-corrected chi connectivity index (χ1v) is 11.9. The molecule has 0 aromatic heterocycles. The van der Waals surface area contributed by atoms with Gasteiger partial charge in [-0.25, -0.2) is 9.59 Å². The number of hydrogen-bond acceptors (Lipinski definition) is 6. The Kier molecular flexibility index (Phi) is 9.72. The third-order valence-electron chi connectivity index (χ3n) is 5.47. The van der Waals surface area contributed by atoms with Gasteiger partial charge in [0.25, 0.3) is 0 Å². The smallest absolute Gasteiger partial charge is 0.434 e. The van der Waals surface area contributed by atoms with Gasteiger partial charge in [-0.1, -0.05) is 66.8 Å². The molecule has 6 heteroatoms. The summed E-state index contributed by atoms with van der Waals surface area (Å²) >= 11 is 0. The Hall–Kier alpha value is -3.80. The third kappa shape index (κ3) is 6.85. The maximum atomic E-state index is 12.5. The number of ether oxygens (including phenoxy) is 4. The zero-order valence-electron chi connectivity index (χ0n) is 20.5. The van der Waals surface area contributed by atoms with Crippen molar-refractivity contribution in [3.8, 4) is 11.5 Å². The molecule has 0 aliphatic heterocycles. The quantitative estimate of drug-likeness (QED) is 0.0969. The summed E-state index contributed by atoms with van der Waals surface area (Å²) in [5, 5.41) is 2.58. The largest absolute Gasteiger partial charge is 0.513 e. The molecule has 3 aromatic carbocycles. The second kappa shape index (κ2) is 13.2. The zero-order chi connectivity index (χ0) is 25.0. The number of unbranched alkanes of at least 4 members (excludes halogenated alkanes) is 2. The van der Waals surface area contributed by atoms with Gasteiger partial charge in [-0.05, 0) is 52.0 Å². The Morgan fingerprint density at radius 2 is 1.23 bits per heavy atom. The molecule has 0 unspecified atom stereocenters. The van der Waals surface area contributed by atoms with Crippen LogP contribution >= 0.6 is 0 Å². The van der Waals surface area contributed by atoms with E-state index in [0.29, 0.717) is 45.9 Å². The lowest BCUT2D eigenvalue weighted by atomic mass is 9.97. The lowest BCUT2D eigenvalue weighted by Gasteiger charge is -2.17. The number of hydrogen-bond donors (Lipinski definition) is 0. The highest BCUT2D eigenvalue weighted by atomic mass is 16.7. The standard InChI is InChI=1S/C29H32O6/c1-4-6-8-12-19-32-28(30)34-26-22-16-10-11-17-23(22)27(25-21(3)15-14-18-24(25)26)35-29(31)33-20-13-9-7-5-2/h4-7,10-11,14-18H,8-9,12-13,19-20H2,1-3H3/b6-4+,7-5+. The molecule has 0 saturated carbocycles. The Morgan fingerprint density at radius 3 is 1.80 bits per heavy atom. The fourth-order valence-electron chi connectivity index (χ4n) is 3.81. The predicted octanol–water partition coefficient (Wildman–Crippen LogP) is 8.04. The highest BCUT2D eigenvalue weighted by Crippen LogP contribution is 2.44. The second-order valence-corrected chi connectivity index (χ2v) is 8.02. The van der Waals surface area contributed by atoms with Crippen LogP contribution in [-0.2, 0) is 9.47 Å². The van der Waals surface area contributed by atoms with Gasteiger partial charge in [-0.15, -0.1) is 0 Å². The van der Waals surface area contributed by atoms with Crippen molar-refractivity contribution in [1.82, 2.24) is 0 Å². The van der Waals surface area contributed by atoms with E-state index in [9.17, 15) is 9.59 Å². The van der Waals surface area contributed by atoms with Crippen LogP contribution < -0.4 is 9.47 Å². The van der Waals surface area contributed by atoms with Crippen LogP contribution in [0.25, 0.3) is 21.5 Å². The fourth-order valence-corrected chi connectivity index (χ4v) is 3.81. The first kappa shape index (κ1) is 25.8. The van der Waals surface area contributed by atoms with Crippen molar-refractivity contribution in [2.45, 2.75) is 46.5 Å². The van der Waals surface area contributed by atoms with Gasteiger partial charge in [0.1, 0.15) is 5.75 Å². The summed E-state index contributed by atoms with van der Waals surface area (Å²) in [4.78, 5) is 25.0. The van der Waals surface area contributed by atoms with Crippen molar-refractivity contribution >= 4 is 33.9 Å². The van der Waals surface area contributed by atoms with Gasteiger partial charge in [0.15, 0.2) is 5.75 Å². The van der Waals surface area contributed by atoms with Gasteiger partial charge in [0, 0.05) is 21.5 Å². The van der Waals surface area contributed by atoms with Gasteiger partial charge in [0.05, 0.1) is 13.2 Å². The second-order valence-electron chi connectivity index (χ2n) is 8.02. The molecule has 0 saturated heterocycles. The van der Waals surface area contributed by atoms with Gasteiger partial charge >= 0.3 is 12.3 Å². The van der Waals surface area contributed by atoms with Gasteiger partial charge in [-0.3, -0.25) is 0 Å². The minimum atomic E-state index is -0.771. The van der Waals surface area contributed by atoms with E-state index in [0.717, 1.165) is 18.4 Å². The SMILES string of the molecule is C/C=C/CCCOC(=O)Oc1c2ccccc2c(OC(=O)OCCC/C=C/C)c2c(C)cccc12. The van der Waals surface area contributed by atoms with E-state index in [2.05, 4.69) is 0 Å². The minimum absolute atomic E-state index is 0.263. The van der Waals surface area contributed by atoms with Gasteiger partial charge in [0.2, 0.25) is 0 Å². The van der Waals surface area contributed by atoms with Crippen LogP contribution in [-0.4, -0.2) is 25.5 Å². The molecular formula is C29H32O6. The molecule has 0 N–H and O–H groups in total. The average molecular weight is 477 g/mol. The number of benzene rings is 3. The van der Waals surface area contributed by atoms with Crippen molar-refractivity contribution in [3.63, 3.8) is 0 Å². The molecule has 184 valence electrons. The molecule has 0 aliphatic rings. The monoisotopic (exact) mass is 476 g/mol. The molecule has 0 fully saturated rings. The lowest BCUT2D eigenvalue weighted by molar-refractivity contribution is 0.0974.